The van der Waals surface area contributed by atoms with Crippen LogP contribution in [0.25, 0.3) is 0 Å². The highest BCUT2D eigenvalue weighted by molar-refractivity contribution is 8.00. The lowest BCUT2D eigenvalue weighted by Gasteiger charge is -2.18. The summed E-state index contributed by atoms with van der Waals surface area (Å²) in [6.45, 7) is 10.4. The number of carbonyl (C=O) groups is 1. The highest BCUT2D eigenvalue weighted by Gasteiger charge is 2.13. The van der Waals surface area contributed by atoms with Crippen molar-refractivity contribution in [3.05, 3.63) is 64.2 Å². The summed E-state index contributed by atoms with van der Waals surface area (Å²) < 4.78 is 0. The summed E-state index contributed by atoms with van der Waals surface area (Å²) in [5.41, 5.74) is 6.21. The van der Waals surface area contributed by atoms with E-state index in [-0.39, 0.29) is 11.9 Å². The Balaban J connectivity index is 1.94. The van der Waals surface area contributed by atoms with Crippen LogP contribution in [0.1, 0.15) is 40.8 Å². The molecule has 0 saturated heterocycles. The van der Waals surface area contributed by atoms with Crippen molar-refractivity contribution in [3.8, 4) is 0 Å². The van der Waals surface area contributed by atoms with Gasteiger partial charge in [-0.05, 0) is 69.0 Å². The van der Waals surface area contributed by atoms with Gasteiger partial charge >= 0.3 is 0 Å². The van der Waals surface area contributed by atoms with E-state index in [1.54, 1.807) is 11.8 Å². The molecule has 0 aliphatic carbocycles. The fourth-order valence-electron chi connectivity index (χ4n) is 2.59. The summed E-state index contributed by atoms with van der Waals surface area (Å²) in [4.78, 5) is 13.3. The number of amides is 1. The molecule has 1 atom stereocenters. The summed E-state index contributed by atoms with van der Waals surface area (Å²) >= 11 is 1.57. The molecule has 3 heteroatoms. The first-order valence-electron chi connectivity index (χ1n) is 7.93. The van der Waals surface area contributed by atoms with Gasteiger partial charge in [0.05, 0.1) is 11.8 Å². The molecule has 0 saturated carbocycles. The van der Waals surface area contributed by atoms with Crippen LogP contribution in [0.2, 0.25) is 0 Å². The van der Waals surface area contributed by atoms with Crippen molar-refractivity contribution in [1.82, 2.24) is 5.32 Å². The van der Waals surface area contributed by atoms with Gasteiger partial charge in [0.1, 0.15) is 0 Å². The third kappa shape index (κ3) is 4.87. The van der Waals surface area contributed by atoms with Gasteiger partial charge < -0.3 is 5.32 Å². The molecule has 2 nitrogen and oxygen atoms in total. The van der Waals surface area contributed by atoms with Crippen LogP contribution in [0.4, 0.5) is 0 Å². The molecule has 0 radical (unpaired) electrons. The number of aryl methyl sites for hydroxylation is 4. The Hall–Kier alpha value is -1.74. The quantitative estimate of drug-likeness (QED) is 0.792. The summed E-state index contributed by atoms with van der Waals surface area (Å²) in [6.07, 6.45) is 0. The van der Waals surface area contributed by atoms with E-state index in [0.29, 0.717) is 5.75 Å². The molecule has 1 N–H and O–H groups in total. The summed E-state index contributed by atoms with van der Waals surface area (Å²) in [5.74, 6) is 0.512. The van der Waals surface area contributed by atoms with Crippen molar-refractivity contribution in [1.29, 1.82) is 0 Å². The maximum absolute atomic E-state index is 12.2. The Bertz CT molecular complexity index is 692. The van der Waals surface area contributed by atoms with E-state index < -0.39 is 0 Å². The van der Waals surface area contributed by atoms with Crippen LogP contribution in [0.5, 0.6) is 0 Å². The molecular formula is C20H25NOS. The van der Waals surface area contributed by atoms with Crippen molar-refractivity contribution < 1.29 is 4.79 Å². The Morgan fingerprint density at radius 3 is 2.26 bits per heavy atom. The van der Waals surface area contributed by atoms with E-state index in [1.807, 2.05) is 6.92 Å². The minimum atomic E-state index is 0.0282. The highest BCUT2D eigenvalue weighted by Crippen LogP contribution is 2.22. The zero-order chi connectivity index (χ0) is 17.0. The molecular weight excluding hydrogens is 302 g/mol. The second-order valence-corrected chi connectivity index (χ2v) is 7.23. The molecule has 0 bridgehead atoms. The van der Waals surface area contributed by atoms with Crippen LogP contribution < -0.4 is 5.32 Å². The van der Waals surface area contributed by atoms with Crippen molar-refractivity contribution in [2.45, 2.75) is 45.6 Å². The average Bonchev–Trinajstić information content (AvgIpc) is 2.50. The van der Waals surface area contributed by atoms with Crippen LogP contribution in [0.3, 0.4) is 0 Å². The SMILES string of the molecule is Cc1ccc(SCC(=O)NC(C)c2cc(C)c(C)cc2C)cc1. The van der Waals surface area contributed by atoms with Gasteiger partial charge in [0.15, 0.2) is 0 Å². The van der Waals surface area contributed by atoms with Crippen molar-refractivity contribution >= 4 is 17.7 Å². The van der Waals surface area contributed by atoms with Crippen molar-refractivity contribution in [3.63, 3.8) is 0 Å². The lowest BCUT2D eigenvalue weighted by Crippen LogP contribution is -2.28. The molecule has 1 amide bonds. The fourth-order valence-corrected chi connectivity index (χ4v) is 3.30. The van der Waals surface area contributed by atoms with Gasteiger partial charge in [-0.1, -0.05) is 29.8 Å². The number of hydrogen-bond donors (Lipinski definition) is 1. The van der Waals surface area contributed by atoms with Gasteiger partial charge in [-0.2, -0.15) is 0 Å². The lowest BCUT2D eigenvalue weighted by atomic mass is 9.96. The molecule has 0 aliphatic rings. The van der Waals surface area contributed by atoms with Gasteiger partial charge in [-0.25, -0.2) is 0 Å². The first-order valence-corrected chi connectivity index (χ1v) is 8.92. The van der Waals surface area contributed by atoms with E-state index in [0.717, 1.165) is 4.90 Å². The molecule has 0 aromatic heterocycles. The molecule has 0 aliphatic heterocycles. The van der Waals surface area contributed by atoms with Crippen molar-refractivity contribution in [2.75, 3.05) is 5.75 Å². The first kappa shape index (κ1) is 17.6. The Kier molecular flexibility index (Phi) is 5.89. The Labute approximate surface area is 143 Å². The average molecular weight is 327 g/mol. The number of thioether (sulfide) groups is 1. The molecule has 2 aromatic rings. The fraction of sp³-hybridized carbons (Fsp3) is 0.350. The largest absolute Gasteiger partial charge is 0.349 e. The van der Waals surface area contributed by atoms with Crippen LogP contribution >= 0.6 is 11.8 Å². The minimum Gasteiger partial charge on any atom is -0.349 e. The molecule has 122 valence electrons. The van der Waals surface area contributed by atoms with E-state index >= 15 is 0 Å². The second-order valence-electron chi connectivity index (χ2n) is 6.18. The van der Waals surface area contributed by atoms with E-state index in [4.69, 9.17) is 0 Å². The molecule has 0 spiro atoms. The van der Waals surface area contributed by atoms with E-state index in [1.165, 1.54) is 27.8 Å². The smallest absolute Gasteiger partial charge is 0.230 e. The molecule has 0 heterocycles. The zero-order valence-corrected chi connectivity index (χ0v) is 15.4. The van der Waals surface area contributed by atoms with Gasteiger partial charge in [0.25, 0.3) is 0 Å². The summed E-state index contributed by atoms with van der Waals surface area (Å²) in [7, 11) is 0. The maximum atomic E-state index is 12.2. The topological polar surface area (TPSA) is 29.1 Å². The van der Waals surface area contributed by atoms with Crippen LogP contribution in [-0.4, -0.2) is 11.7 Å². The molecule has 23 heavy (non-hydrogen) atoms. The zero-order valence-electron chi connectivity index (χ0n) is 14.6. The Morgan fingerprint density at radius 2 is 1.61 bits per heavy atom. The number of hydrogen-bond acceptors (Lipinski definition) is 2. The summed E-state index contributed by atoms with van der Waals surface area (Å²) in [6, 6.07) is 12.7. The highest BCUT2D eigenvalue weighted by atomic mass is 32.2. The monoisotopic (exact) mass is 327 g/mol. The van der Waals surface area contributed by atoms with E-state index in [9.17, 15) is 4.79 Å². The third-order valence-corrected chi connectivity index (χ3v) is 5.13. The number of carbonyl (C=O) groups excluding carboxylic acids is 1. The minimum absolute atomic E-state index is 0.0282. The standard InChI is InChI=1S/C20H25NOS/c1-13-6-8-18(9-7-13)23-12-20(22)21-17(5)19-11-15(3)14(2)10-16(19)4/h6-11,17H,12H2,1-5H3,(H,21,22). The third-order valence-electron chi connectivity index (χ3n) is 4.12. The maximum Gasteiger partial charge on any atom is 0.230 e. The van der Waals surface area contributed by atoms with Gasteiger partial charge in [0, 0.05) is 4.90 Å². The van der Waals surface area contributed by atoms with E-state index in [2.05, 4.69) is 69.4 Å². The van der Waals surface area contributed by atoms with Crippen LogP contribution in [0, 0.1) is 27.7 Å². The predicted molar refractivity (Wildman–Crippen MR) is 99.1 cm³/mol. The summed E-state index contributed by atoms with van der Waals surface area (Å²) in [5, 5.41) is 3.11. The molecule has 2 aromatic carbocycles. The molecule has 1 unspecified atom stereocenters. The molecule has 2 rings (SSSR count). The second kappa shape index (κ2) is 7.69. The number of benzene rings is 2. The van der Waals surface area contributed by atoms with Crippen LogP contribution in [0.15, 0.2) is 41.3 Å². The van der Waals surface area contributed by atoms with Crippen LogP contribution in [-0.2, 0) is 4.79 Å². The van der Waals surface area contributed by atoms with Gasteiger partial charge in [-0.3, -0.25) is 4.79 Å². The van der Waals surface area contributed by atoms with Crippen molar-refractivity contribution in [2.24, 2.45) is 0 Å². The predicted octanol–water partition coefficient (Wildman–Crippen LogP) is 4.89. The lowest BCUT2D eigenvalue weighted by molar-refractivity contribution is -0.119. The normalized spacial score (nSPS) is 12.0. The van der Waals surface area contributed by atoms with Gasteiger partial charge in [-0.15, -0.1) is 11.8 Å². The first-order chi connectivity index (χ1) is 10.9. The number of rotatable bonds is 5. The van der Waals surface area contributed by atoms with Gasteiger partial charge in [0.2, 0.25) is 5.91 Å². The number of nitrogens with one attached hydrogen (secondary N) is 1. The Morgan fingerprint density at radius 1 is 1.00 bits per heavy atom. The molecule has 0 fully saturated rings.